The van der Waals surface area contributed by atoms with E-state index >= 15 is 0 Å². The van der Waals surface area contributed by atoms with E-state index in [9.17, 15) is 14.4 Å². The van der Waals surface area contributed by atoms with Crippen molar-refractivity contribution in [3.05, 3.63) is 34.9 Å². The van der Waals surface area contributed by atoms with Crippen molar-refractivity contribution in [1.29, 1.82) is 0 Å². The Balaban J connectivity index is 2.20. The summed E-state index contributed by atoms with van der Waals surface area (Å²) in [6.45, 7) is 2.44. The Morgan fingerprint density at radius 2 is 1.90 bits per heavy atom. The number of carboxylic acids is 1. The van der Waals surface area contributed by atoms with Crippen LogP contribution < -0.4 is 0 Å². The summed E-state index contributed by atoms with van der Waals surface area (Å²) >= 11 is 0. The first-order valence-corrected chi connectivity index (χ1v) is 6.75. The number of unbranched alkanes of at least 4 members (excludes halogenated alkanes) is 1. The molecule has 1 N–H and O–H groups in total. The molecular formula is C15H17NO4. The average molecular weight is 275 g/mol. The summed E-state index contributed by atoms with van der Waals surface area (Å²) in [5, 5.41) is 8.67. The van der Waals surface area contributed by atoms with E-state index in [-0.39, 0.29) is 18.2 Å². The van der Waals surface area contributed by atoms with E-state index in [0.717, 1.165) is 18.4 Å². The van der Waals surface area contributed by atoms with Gasteiger partial charge in [0, 0.05) is 13.0 Å². The second-order valence-corrected chi connectivity index (χ2v) is 4.89. The number of aryl methyl sites for hydroxylation is 1. The number of aliphatic carboxylic acids is 1. The summed E-state index contributed by atoms with van der Waals surface area (Å²) in [5.41, 5.74) is 1.59. The highest BCUT2D eigenvalue weighted by atomic mass is 16.4. The molecule has 0 aromatic heterocycles. The molecule has 1 aliphatic rings. The van der Waals surface area contributed by atoms with E-state index in [0.29, 0.717) is 24.1 Å². The third-order valence-corrected chi connectivity index (χ3v) is 3.40. The maximum Gasteiger partial charge on any atom is 0.303 e. The van der Waals surface area contributed by atoms with Gasteiger partial charge in [0.25, 0.3) is 11.8 Å². The quantitative estimate of drug-likeness (QED) is 0.807. The zero-order valence-corrected chi connectivity index (χ0v) is 11.4. The molecule has 0 fully saturated rings. The van der Waals surface area contributed by atoms with Crippen molar-refractivity contribution in [2.75, 3.05) is 6.54 Å². The fourth-order valence-corrected chi connectivity index (χ4v) is 2.26. The van der Waals surface area contributed by atoms with Gasteiger partial charge in [-0.2, -0.15) is 0 Å². The van der Waals surface area contributed by atoms with Crippen molar-refractivity contribution >= 4 is 17.8 Å². The van der Waals surface area contributed by atoms with E-state index in [4.69, 9.17) is 5.11 Å². The molecule has 5 nitrogen and oxygen atoms in total. The monoisotopic (exact) mass is 275 g/mol. The number of nitrogens with zero attached hydrogens (tertiary/aromatic N) is 1. The summed E-state index contributed by atoms with van der Waals surface area (Å²) in [5.74, 6) is -1.39. The van der Waals surface area contributed by atoms with E-state index in [1.54, 1.807) is 18.2 Å². The van der Waals surface area contributed by atoms with Gasteiger partial charge in [0.2, 0.25) is 0 Å². The highest BCUT2D eigenvalue weighted by Gasteiger charge is 2.34. The van der Waals surface area contributed by atoms with E-state index < -0.39 is 5.97 Å². The number of carbonyl (C=O) groups excluding carboxylic acids is 2. The molecule has 0 aliphatic carbocycles. The van der Waals surface area contributed by atoms with Crippen LogP contribution in [0.2, 0.25) is 0 Å². The van der Waals surface area contributed by atoms with Crippen LogP contribution >= 0.6 is 0 Å². The predicted octanol–water partition coefficient (Wildman–Crippen LogP) is 2.10. The molecule has 1 heterocycles. The van der Waals surface area contributed by atoms with Crippen LogP contribution in [-0.4, -0.2) is 34.3 Å². The molecule has 1 aliphatic heterocycles. The SMILES string of the molecule is CCCCN1C(=O)c2ccc(CCC(=O)O)cc2C1=O. The number of hydrogen-bond acceptors (Lipinski definition) is 3. The first-order chi connectivity index (χ1) is 9.54. The minimum atomic E-state index is -0.877. The summed E-state index contributed by atoms with van der Waals surface area (Å²) in [6.07, 6.45) is 2.08. The van der Waals surface area contributed by atoms with Crippen molar-refractivity contribution in [1.82, 2.24) is 4.90 Å². The Hall–Kier alpha value is -2.17. The van der Waals surface area contributed by atoms with Crippen LogP contribution in [0, 0.1) is 0 Å². The Morgan fingerprint density at radius 1 is 1.20 bits per heavy atom. The Morgan fingerprint density at radius 3 is 2.55 bits per heavy atom. The second-order valence-electron chi connectivity index (χ2n) is 4.89. The van der Waals surface area contributed by atoms with Gasteiger partial charge in [-0.25, -0.2) is 0 Å². The first kappa shape index (κ1) is 14.2. The topological polar surface area (TPSA) is 74.7 Å². The minimum absolute atomic E-state index is 0.0144. The highest BCUT2D eigenvalue weighted by Crippen LogP contribution is 2.24. The summed E-state index contributed by atoms with van der Waals surface area (Å²) in [6, 6.07) is 4.99. The van der Waals surface area contributed by atoms with Gasteiger partial charge in [-0.05, 0) is 30.5 Å². The number of imide groups is 1. The van der Waals surface area contributed by atoms with Crippen molar-refractivity contribution in [3.63, 3.8) is 0 Å². The highest BCUT2D eigenvalue weighted by molar-refractivity contribution is 6.21. The van der Waals surface area contributed by atoms with Crippen LogP contribution in [0.4, 0.5) is 0 Å². The number of amides is 2. The van der Waals surface area contributed by atoms with Gasteiger partial charge in [0.15, 0.2) is 0 Å². The lowest BCUT2D eigenvalue weighted by Crippen LogP contribution is -2.30. The van der Waals surface area contributed by atoms with Crippen LogP contribution in [0.25, 0.3) is 0 Å². The number of benzene rings is 1. The maximum absolute atomic E-state index is 12.2. The lowest BCUT2D eigenvalue weighted by Gasteiger charge is -2.12. The molecule has 20 heavy (non-hydrogen) atoms. The number of rotatable bonds is 6. The molecule has 0 unspecified atom stereocenters. The number of carboxylic acid groups (broad SMARTS) is 1. The molecule has 1 aromatic carbocycles. The average Bonchev–Trinajstić information content (AvgIpc) is 2.66. The van der Waals surface area contributed by atoms with Gasteiger partial charge in [-0.3, -0.25) is 19.3 Å². The third-order valence-electron chi connectivity index (χ3n) is 3.40. The van der Waals surface area contributed by atoms with E-state index in [1.807, 2.05) is 6.92 Å². The fraction of sp³-hybridized carbons (Fsp3) is 0.400. The zero-order valence-electron chi connectivity index (χ0n) is 11.4. The lowest BCUT2D eigenvalue weighted by molar-refractivity contribution is -0.136. The second kappa shape index (κ2) is 5.86. The molecular weight excluding hydrogens is 258 g/mol. The number of carbonyl (C=O) groups is 3. The molecule has 0 radical (unpaired) electrons. The van der Waals surface area contributed by atoms with Crippen LogP contribution in [-0.2, 0) is 11.2 Å². The van der Waals surface area contributed by atoms with E-state index in [1.165, 1.54) is 4.90 Å². The molecule has 2 rings (SSSR count). The van der Waals surface area contributed by atoms with Crippen LogP contribution in [0.3, 0.4) is 0 Å². The summed E-state index contributed by atoms with van der Waals surface area (Å²) in [4.78, 5) is 36.1. The Kier molecular flexibility index (Phi) is 4.17. The van der Waals surface area contributed by atoms with Crippen LogP contribution in [0.15, 0.2) is 18.2 Å². The fourth-order valence-electron chi connectivity index (χ4n) is 2.26. The van der Waals surface area contributed by atoms with Crippen molar-refractivity contribution in [2.45, 2.75) is 32.6 Å². The van der Waals surface area contributed by atoms with Gasteiger partial charge < -0.3 is 5.11 Å². The number of fused-ring (bicyclic) bond motifs is 1. The Bertz CT molecular complexity index is 565. The molecule has 0 atom stereocenters. The molecule has 0 spiro atoms. The smallest absolute Gasteiger partial charge is 0.303 e. The first-order valence-electron chi connectivity index (χ1n) is 6.75. The molecule has 5 heteroatoms. The Labute approximate surface area is 117 Å². The van der Waals surface area contributed by atoms with Gasteiger partial charge in [-0.1, -0.05) is 19.4 Å². The van der Waals surface area contributed by atoms with Crippen LogP contribution in [0.5, 0.6) is 0 Å². The van der Waals surface area contributed by atoms with Gasteiger partial charge >= 0.3 is 5.97 Å². The normalized spacial score (nSPS) is 13.8. The van der Waals surface area contributed by atoms with Gasteiger partial charge in [0.1, 0.15) is 0 Å². The molecule has 0 saturated heterocycles. The standard InChI is InChI=1S/C15H17NO4/c1-2-3-8-16-14(19)11-6-4-10(5-7-13(17)18)9-12(11)15(16)20/h4,6,9H,2-3,5,7-8H2,1H3,(H,17,18). The third kappa shape index (κ3) is 2.71. The minimum Gasteiger partial charge on any atom is -0.481 e. The summed E-state index contributed by atoms with van der Waals surface area (Å²) < 4.78 is 0. The predicted molar refractivity (Wildman–Crippen MR) is 72.7 cm³/mol. The molecule has 0 saturated carbocycles. The largest absolute Gasteiger partial charge is 0.481 e. The lowest BCUT2D eigenvalue weighted by atomic mass is 10.0. The molecule has 1 aromatic rings. The molecule has 0 bridgehead atoms. The van der Waals surface area contributed by atoms with E-state index in [2.05, 4.69) is 0 Å². The molecule has 2 amide bonds. The van der Waals surface area contributed by atoms with Crippen molar-refractivity contribution in [3.8, 4) is 0 Å². The molecule has 106 valence electrons. The van der Waals surface area contributed by atoms with Crippen molar-refractivity contribution < 1.29 is 19.5 Å². The maximum atomic E-state index is 12.2. The van der Waals surface area contributed by atoms with Gasteiger partial charge in [0.05, 0.1) is 11.1 Å². The van der Waals surface area contributed by atoms with Crippen LogP contribution in [0.1, 0.15) is 52.5 Å². The summed E-state index contributed by atoms with van der Waals surface area (Å²) in [7, 11) is 0. The number of hydrogen-bond donors (Lipinski definition) is 1. The van der Waals surface area contributed by atoms with Gasteiger partial charge in [-0.15, -0.1) is 0 Å². The zero-order chi connectivity index (χ0) is 14.7. The van der Waals surface area contributed by atoms with Crippen molar-refractivity contribution in [2.24, 2.45) is 0 Å².